The number of amides is 2. The maximum Gasteiger partial charge on any atom is 0.328 e. The molecule has 1 saturated heterocycles. The second-order valence-corrected chi connectivity index (χ2v) is 10.3. The molecule has 1 aromatic carbocycles. The van der Waals surface area contributed by atoms with Gasteiger partial charge in [0.25, 0.3) is 5.91 Å². The number of aromatic nitrogens is 1. The van der Waals surface area contributed by atoms with Gasteiger partial charge in [-0.2, -0.15) is 0 Å². The molecule has 8 nitrogen and oxygen atoms in total. The molecule has 5 rings (SSSR count). The van der Waals surface area contributed by atoms with Crippen molar-refractivity contribution < 1.29 is 23.5 Å². The van der Waals surface area contributed by atoms with Gasteiger partial charge in [-0.05, 0) is 42.8 Å². The Morgan fingerprint density at radius 3 is 2.83 bits per heavy atom. The first-order valence-corrected chi connectivity index (χ1v) is 13.5. The summed E-state index contributed by atoms with van der Waals surface area (Å²) in [5, 5.41) is 5.26. The summed E-state index contributed by atoms with van der Waals surface area (Å²) >= 11 is 2.73. The molecule has 36 heavy (non-hydrogen) atoms. The Balaban J connectivity index is 1.32. The largest absolute Gasteiger partial charge is 0.467 e. The monoisotopic (exact) mass is 523 g/mol. The Bertz CT molecular complexity index is 1340. The normalized spacial score (nSPS) is 15.4. The van der Waals surface area contributed by atoms with Crippen LogP contribution in [0.25, 0.3) is 22.4 Å². The van der Waals surface area contributed by atoms with Crippen LogP contribution in [0.15, 0.2) is 57.6 Å². The lowest BCUT2D eigenvalue weighted by Gasteiger charge is -2.23. The van der Waals surface area contributed by atoms with Gasteiger partial charge < -0.3 is 14.1 Å². The zero-order chi connectivity index (χ0) is 25.1. The van der Waals surface area contributed by atoms with Gasteiger partial charge in [0, 0.05) is 30.3 Å². The van der Waals surface area contributed by atoms with Crippen LogP contribution in [0.4, 0.5) is 5.13 Å². The molecule has 1 atom stereocenters. The number of para-hydroxylation sites is 1. The summed E-state index contributed by atoms with van der Waals surface area (Å²) in [6.45, 7) is 0.871. The molecule has 1 aliphatic heterocycles. The molecule has 0 N–H and O–H groups in total. The Morgan fingerprint density at radius 1 is 1.19 bits per heavy atom. The molecule has 1 aliphatic rings. The van der Waals surface area contributed by atoms with E-state index in [1.165, 1.54) is 29.8 Å². The minimum Gasteiger partial charge on any atom is -0.467 e. The molecule has 0 spiro atoms. The van der Waals surface area contributed by atoms with Gasteiger partial charge in [0.05, 0.1) is 12.0 Å². The van der Waals surface area contributed by atoms with Crippen LogP contribution in [0, 0.1) is 0 Å². The standard InChI is InChI=1S/C26H25N3O5S2/c1-33-25(32)19-8-4-12-28(19)23(30)11-5-13-29(24(31)22-10-6-14-35-22)26-27-18(16-36-26)21-15-17-7-2-3-9-20(17)34-21/h2-3,6-7,9-10,14-16,19H,4-5,8,11-13H2,1H3. The number of fused-ring (bicyclic) bond motifs is 1. The predicted octanol–water partition coefficient (Wildman–Crippen LogP) is 5.21. The van der Waals surface area contributed by atoms with Gasteiger partial charge in [0.2, 0.25) is 5.91 Å². The lowest BCUT2D eigenvalue weighted by Crippen LogP contribution is -2.41. The maximum absolute atomic E-state index is 13.3. The highest BCUT2D eigenvalue weighted by atomic mass is 32.1. The number of ether oxygens (including phenoxy) is 1. The van der Waals surface area contributed by atoms with Crippen LogP contribution >= 0.6 is 22.7 Å². The Kier molecular flexibility index (Phi) is 7.15. The van der Waals surface area contributed by atoms with E-state index in [1.54, 1.807) is 15.9 Å². The van der Waals surface area contributed by atoms with Crippen molar-refractivity contribution in [2.75, 3.05) is 25.1 Å². The molecular weight excluding hydrogens is 498 g/mol. The molecule has 4 heterocycles. The molecule has 4 aromatic rings. The summed E-state index contributed by atoms with van der Waals surface area (Å²) < 4.78 is 10.8. The number of rotatable bonds is 8. The summed E-state index contributed by atoms with van der Waals surface area (Å²) in [6, 6.07) is 12.8. The van der Waals surface area contributed by atoms with Crippen molar-refractivity contribution in [1.29, 1.82) is 0 Å². The number of furan rings is 1. The van der Waals surface area contributed by atoms with E-state index in [4.69, 9.17) is 14.1 Å². The molecular formula is C26H25N3O5S2. The second-order valence-electron chi connectivity index (χ2n) is 8.47. The van der Waals surface area contributed by atoms with Gasteiger partial charge in [-0.25, -0.2) is 9.78 Å². The first-order chi connectivity index (χ1) is 17.5. The zero-order valence-electron chi connectivity index (χ0n) is 19.7. The Labute approximate surface area is 216 Å². The highest BCUT2D eigenvalue weighted by molar-refractivity contribution is 7.14. The summed E-state index contributed by atoms with van der Waals surface area (Å²) in [6.07, 6.45) is 2.06. The number of likely N-dealkylation sites (tertiary alicyclic amines) is 1. The molecule has 3 aromatic heterocycles. The fraction of sp³-hybridized carbons (Fsp3) is 0.308. The SMILES string of the molecule is COC(=O)C1CCCN1C(=O)CCCN(C(=O)c1cccs1)c1nc(-c2cc3ccccc3o2)cs1. The third kappa shape index (κ3) is 4.91. The van der Waals surface area contributed by atoms with Gasteiger partial charge in [0.1, 0.15) is 17.3 Å². The first-order valence-electron chi connectivity index (χ1n) is 11.7. The van der Waals surface area contributed by atoms with E-state index in [0.29, 0.717) is 47.4 Å². The molecule has 0 bridgehead atoms. The van der Waals surface area contributed by atoms with Gasteiger partial charge in [-0.1, -0.05) is 24.3 Å². The summed E-state index contributed by atoms with van der Waals surface area (Å²) in [4.78, 5) is 46.7. The van der Waals surface area contributed by atoms with Crippen LogP contribution < -0.4 is 4.90 Å². The minimum absolute atomic E-state index is 0.103. The second kappa shape index (κ2) is 10.6. The lowest BCUT2D eigenvalue weighted by atomic mass is 10.2. The van der Waals surface area contributed by atoms with E-state index in [2.05, 4.69) is 0 Å². The summed E-state index contributed by atoms with van der Waals surface area (Å²) in [5.41, 5.74) is 1.43. The first kappa shape index (κ1) is 24.2. The van der Waals surface area contributed by atoms with Crippen molar-refractivity contribution >= 4 is 56.6 Å². The zero-order valence-corrected chi connectivity index (χ0v) is 21.3. The van der Waals surface area contributed by atoms with Gasteiger partial charge in [0.15, 0.2) is 10.9 Å². The number of benzene rings is 1. The van der Waals surface area contributed by atoms with Crippen LogP contribution in [-0.4, -0.2) is 53.9 Å². The van der Waals surface area contributed by atoms with E-state index in [-0.39, 0.29) is 24.2 Å². The van der Waals surface area contributed by atoms with Crippen molar-refractivity contribution in [3.63, 3.8) is 0 Å². The number of hydrogen-bond donors (Lipinski definition) is 0. The molecule has 1 unspecified atom stereocenters. The third-order valence-electron chi connectivity index (χ3n) is 6.20. The van der Waals surface area contributed by atoms with E-state index in [1.807, 2.05) is 47.2 Å². The molecule has 0 radical (unpaired) electrons. The number of methoxy groups -OCH3 is 1. The lowest BCUT2D eigenvalue weighted by molar-refractivity contribution is -0.151. The summed E-state index contributed by atoms with van der Waals surface area (Å²) in [5.74, 6) is 0.00151. The van der Waals surface area contributed by atoms with Gasteiger partial charge in [-0.15, -0.1) is 22.7 Å². The van der Waals surface area contributed by atoms with Crippen molar-refractivity contribution in [3.05, 3.63) is 58.1 Å². The van der Waals surface area contributed by atoms with Crippen molar-refractivity contribution in [2.45, 2.75) is 31.7 Å². The molecule has 2 amide bonds. The van der Waals surface area contributed by atoms with Crippen molar-refractivity contribution in [3.8, 4) is 11.5 Å². The number of thiophene rings is 1. The van der Waals surface area contributed by atoms with Crippen molar-refractivity contribution in [2.24, 2.45) is 0 Å². The quantitative estimate of drug-likeness (QED) is 0.295. The number of thiazole rings is 1. The highest BCUT2D eigenvalue weighted by Gasteiger charge is 2.34. The van der Waals surface area contributed by atoms with E-state index >= 15 is 0 Å². The van der Waals surface area contributed by atoms with Gasteiger partial charge >= 0.3 is 5.97 Å². The van der Waals surface area contributed by atoms with Crippen LogP contribution in [0.1, 0.15) is 35.4 Å². The van der Waals surface area contributed by atoms with Crippen LogP contribution in [-0.2, 0) is 14.3 Å². The molecule has 10 heteroatoms. The average Bonchev–Trinajstić information content (AvgIpc) is 3.70. The average molecular weight is 524 g/mol. The fourth-order valence-electron chi connectivity index (χ4n) is 4.41. The topological polar surface area (TPSA) is 93.0 Å². The Hall–Kier alpha value is -3.50. The molecule has 0 saturated carbocycles. The minimum atomic E-state index is -0.517. The van der Waals surface area contributed by atoms with E-state index < -0.39 is 6.04 Å². The highest BCUT2D eigenvalue weighted by Crippen LogP contribution is 2.32. The number of hydrogen-bond acceptors (Lipinski definition) is 8. The number of esters is 1. The summed E-state index contributed by atoms with van der Waals surface area (Å²) in [7, 11) is 1.34. The van der Waals surface area contributed by atoms with Crippen LogP contribution in [0.2, 0.25) is 0 Å². The van der Waals surface area contributed by atoms with E-state index in [0.717, 1.165) is 17.4 Å². The number of anilines is 1. The van der Waals surface area contributed by atoms with Crippen molar-refractivity contribution in [1.82, 2.24) is 9.88 Å². The predicted molar refractivity (Wildman–Crippen MR) is 139 cm³/mol. The molecule has 1 fully saturated rings. The Morgan fingerprint density at radius 2 is 2.06 bits per heavy atom. The number of carbonyl (C=O) groups excluding carboxylic acids is 3. The molecule has 186 valence electrons. The van der Waals surface area contributed by atoms with Gasteiger partial charge in [-0.3, -0.25) is 14.5 Å². The van der Waals surface area contributed by atoms with E-state index in [9.17, 15) is 14.4 Å². The number of carbonyl (C=O) groups is 3. The van der Waals surface area contributed by atoms with Crippen LogP contribution in [0.3, 0.4) is 0 Å². The maximum atomic E-state index is 13.3. The smallest absolute Gasteiger partial charge is 0.328 e. The third-order valence-corrected chi connectivity index (χ3v) is 7.92. The van der Waals surface area contributed by atoms with Crippen LogP contribution in [0.5, 0.6) is 0 Å². The fourth-order valence-corrected chi connectivity index (χ4v) is 5.92. The molecule has 0 aliphatic carbocycles. The number of nitrogens with zero attached hydrogens (tertiary/aromatic N) is 3.